The predicted molar refractivity (Wildman–Crippen MR) is 61.9 cm³/mol. The Kier molecular flexibility index (Phi) is 4.23. The van der Waals surface area contributed by atoms with Crippen molar-refractivity contribution < 1.29 is 14.3 Å². The zero-order valence-electron chi connectivity index (χ0n) is 9.82. The molecule has 0 aliphatic carbocycles. The lowest BCUT2D eigenvalue weighted by molar-refractivity contribution is -0.120. The highest BCUT2D eigenvalue weighted by Crippen LogP contribution is 2.19. The lowest BCUT2D eigenvalue weighted by Gasteiger charge is -2.10. The fraction of sp³-hybridized carbons (Fsp3) is 0.385. The van der Waals surface area contributed by atoms with Crippen molar-refractivity contribution in [3.8, 4) is 5.75 Å². The molecule has 0 aliphatic rings. The molecule has 16 heavy (non-hydrogen) atoms. The van der Waals surface area contributed by atoms with Gasteiger partial charge in [0.05, 0.1) is 7.11 Å². The van der Waals surface area contributed by atoms with Crippen LogP contribution >= 0.6 is 0 Å². The summed E-state index contributed by atoms with van der Waals surface area (Å²) in [6, 6.07) is 5.33. The lowest BCUT2D eigenvalue weighted by atomic mass is 9.95. The van der Waals surface area contributed by atoms with E-state index < -0.39 is 0 Å². The maximum absolute atomic E-state index is 11.2. The number of methoxy groups -OCH3 is 1. The van der Waals surface area contributed by atoms with Crippen LogP contribution in [0.4, 0.5) is 0 Å². The molecule has 0 aromatic heterocycles. The van der Waals surface area contributed by atoms with Crippen LogP contribution in [-0.4, -0.2) is 19.2 Å². The van der Waals surface area contributed by atoms with Gasteiger partial charge >= 0.3 is 0 Å². The molecule has 0 radical (unpaired) electrons. The molecular formula is C13H16O3. The standard InChI is InChI=1S/C13H16O3/c1-9(10(2)15)6-11-4-5-13(16-3)7-12(11)8-14/h4-5,7-9H,6H2,1-3H3. The van der Waals surface area contributed by atoms with Gasteiger partial charge in [-0.15, -0.1) is 0 Å². The molecule has 0 heterocycles. The van der Waals surface area contributed by atoms with Crippen molar-refractivity contribution in [2.75, 3.05) is 7.11 Å². The summed E-state index contributed by atoms with van der Waals surface area (Å²) in [6.07, 6.45) is 1.39. The number of rotatable bonds is 5. The molecule has 1 atom stereocenters. The fourth-order valence-corrected chi connectivity index (χ4v) is 1.47. The third-order valence-corrected chi connectivity index (χ3v) is 2.70. The van der Waals surface area contributed by atoms with Crippen molar-refractivity contribution in [1.82, 2.24) is 0 Å². The van der Waals surface area contributed by atoms with Crippen molar-refractivity contribution in [2.24, 2.45) is 5.92 Å². The number of carbonyl (C=O) groups is 2. The van der Waals surface area contributed by atoms with Gasteiger partial charge in [-0.1, -0.05) is 13.0 Å². The number of carbonyl (C=O) groups excluding carboxylic acids is 2. The summed E-state index contributed by atoms with van der Waals surface area (Å²) in [5.41, 5.74) is 1.48. The summed E-state index contributed by atoms with van der Waals surface area (Å²) in [5.74, 6) is 0.723. The second kappa shape index (κ2) is 5.45. The Morgan fingerprint density at radius 1 is 1.50 bits per heavy atom. The molecule has 3 heteroatoms. The third-order valence-electron chi connectivity index (χ3n) is 2.70. The number of benzene rings is 1. The van der Waals surface area contributed by atoms with E-state index in [1.54, 1.807) is 26.2 Å². The van der Waals surface area contributed by atoms with Crippen LogP contribution in [0.5, 0.6) is 5.75 Å². The summed E-state index contributed by atoms with van der Waals surface area (Å²) >= 11 is 0. The first kappa shape index (κ1) is 12.4. The minimum Gasteiger partial charge on any atom is -0.497 e. The van der Waals surface area contributed by atoms with Gasteiger partial charge in [-0.25, -0.2) is 0 Å². The highest BCUT2D eigenvalue weighted by molar-refractivity contribution is 5.81. The van der Waals surface area contributed by atoms with Gasteiger partial charge in [-0.3, -0.25) is 9.59 Å². The minimum absolute atomic E-state index is 0.0629. The zero-order valence-corrected chi connectivity index (χ0v) is 9.82. The molecule has 1 aromatic rings. The van der Waals surface area contributed by atoms with E-state index in [0.717, 1.165) is 11.8 Å². The van der Waals surface area contributed by atoms with Crippen molar-refractivity contribution in [2.45, 2.75) is 20.3 Å². The van der Waals surface area contributed by atoms with Gasteiger partial charge in [0.25, 0.3) is 0 Å². The fourth-order valence-electron chi connectivity index (χ4n) is 1.47. The minimum atomic E-state index is -0.0629. The summed E-state index contributed by atoms with van der Waals surface area (Å²) in [5, 5.41) is 0. The van der Waals surface area contributed by atoms with Crippen LogP contribution < -0.4 is 4.74 Å². The normalized spacial score (nSPS) is 11.9. The van der Waals surface area contributed by atoms with Crippen LogP contribution in [0.2, 0.25) is 0 Å². The number of hydrogen-bond acceptors (Lipinski definition) is 3. The van der Waals surface area contributed by atoms with Gasteiger partial charge in [-0.2, -0.15) is 0 Å². The van der Waals surface area contributed by atoms with Crippen LogP contribution in [0.3, 0.4) is 0 Å². The van der Waals surface area contributed by atoms with Crippen LogP contribution in [-0.2, 0) is 11.2 Å². The van der Waals surface area contributed by atoms with E-state index in [4.69, 9.17) is 4.74 Å². The number of aldehydes is 1. The first-order chi connectivity index (χ1) is 7.58. The zero-order chi connectivity index (χ0) is 12.1. The Balaban J connectivity index is 2.95. The summed E-state index contributed by atoms with van der Waals surface area (Å²) in [7, 11) is 1.56. The average Bonchev–Trinajstić information content (AvgIpc) is 2.29. The Morgan fingerprint density at radius 2 is 2.19 bits per heavy atom. The van der Waals surface area contributed by atoms with Gasteiger partial charge in [0.1, 0.15) is 17.8 Å². The summed E-state index contributed by atoms with van der Waals surface area (Å²) < 4.78 is 5.04. The van der Waals surface area contributed by atoms with E-state index in [2.05, 4.69) is 0 Å². The molecule has 0 fully saturated rings. The topological polar surface area (TPSA) is 43.4 Å². The Hall–Kier alpha value is -1.64. The maximum Gasteiger partial charge on any atom is 0.150 e. The van der Waals surface area contributed by atoms with E-state index in [0.29, 0.717) is 17.7 Å². The maximum atomic E-state index is 11.2. The average molecular weight is 220 g/mol. The monoisotopic (exact) mass is 220 g/mol. The Labute approximate surface area is 95.4 Å². The first-order valence-corrected chi connectivity index (χ1v) is 5.21. The molecule has 1 unspecified atom stereocenters. The highest BCUT2D eigenvalue weighted by Gasteiger charge is 2.11. The second-order valence-electron chi connectivity index (χ2n) is 3.90. The molecule has 0 N–H and O–H groups in total. The van der Waals surface area contributed by atoms with E-state index in [1.165, 1.54) is 0 Å². The Bertz CT molecular complexity index is 396. The molecule has 86 valence electrons. The summed E-state index contributed by atoms with van der Waals surface area (Å²) in [6.45, 7) is 3.43. The molecule has 0 saturated carbocycles. The molecule has 0 saturated heterocycles. The van der Waals surface area contributed by atoms with E-state index in [9.17, 15) is 9.59 Å². The number of Topliss-reactive ketones (excluding diaryl/α,β-unsaturated/α-hetero) is 1. The smallest absolute Gasteiger partial charge is 0.150 e. The number of ketones is 1. The molecule has 1 aromatic carbocycles. The van der Waals surface area contributed by atoms with Crippen LogP contribution in [0.25, 0.3) is 0 Å². The number of ether oxygens (including phenoxy) is 1. The molecule has 3 nitrogen and oxygen atoms in total. The largest absolute Gasteiger partial charge is 0.497 e. The molecule has 0 amide bonds. The van der Waals surface area contributed by atoms with Gasteiger partial charge in [0, 0.05) is 11.5 Å². The van der Waals surface area contributed by atoms with Gasteiger partial charge in [-0.05, 0) is 31.0 Å². The molecule has 0 bridgehead atoms. The van der Waals surface area contributed by atoms with Gasteiger partial charge < -0.3 is 4.74 Å². The van der Waals surface area contributed by atoms with Crippen molar-refractivity contribution >= 4 is 12.1 Å². The Morgan fingerprint density at radius 3 is 2.69 bits per heavy atom. The molecule has 1 rings (SSSR count). The molecule has 0 aliphatic heterocycles. The van der Waals surface area contributed by atoms with Crippen molar-refractivity contribution in [3.63, 3.8) is 0 Å². The highest BCUT2D eigenvalue weighted by atomic mass is 16.5. The lowest BCUT2D eigenvalue weighted by Crippen LogP contribution is -2.10. The predicted octanol–water partition coefficient (Wildman–Crippen LogP) is 2.28. The van der Waals surface area contributed by atoms with Crippen LogP contribution in [0.15, 0.2) is 18.2 Å². The van der Waals surface area contributed by atoms with E-state index in [-0.39, 0.29) is 11.7 Å². The molecule has 0 spiro atoms. The van der Waals surface area contributed by atoms with Crippen molar-refractivity contribution in [3.05, 3.63) is 29.3 Å². The SMILES string of the molecule is COc1ccc(CC(C)C(C)=O)c(C=O)c1. The summed E-state index contributed by atoms with van der Waals surface area (Å²) in [4.78, 5) is 22.1. The number of hydrogen-bond donors (Lipinski definition) is 0. The second-order valence-corrected chi connectivity index (χ2v) is 3.90. The quantitative estimate of drug-likeness (QED) is 0.715. The van der Waals surface area contributed by atoms with Crippen LogP contribution in [0.1, 0.15) is 29.8 Å². The van der Waals surface area contributed by atoms with Crippen molar-refractivity contribution in [1.29, 1.82) is 0 Å². The van der Waals surface area contributed by atoms with E-state index >= 15 is 0 Å². The third kappa shape index (κ3) is 2.92. The van der Waals surface area contributed by atoms with Gasteiger partial charge in [0.15, 0.2) is 0 Å². The first-order valence-electron chi connectivity index (χ1n) is 5.21. The van der Waals surface area contributed by atoms with E-state index in [1.807, 2.05) is 13.0 Å². The van der Waals surface area contributed by atoms with Gasteiger partial charge in [0.2, 0.25) is 0 Å². The van der Waals surface area contributed by atoms with Crippen LogP contribution in [0, 0.1) is 5.92 Å². The molecular weight excluding hydrogens is 204 g/mol.